The standard InChI is InChI=1S/C18H20N6O2S/c1-12-5-4-8-23(9-12)15(25)10-27-18-21-14-7-3-2-6-13(14)16(26)24(18)17-19-11-20-22-17/h2-3,6-7,11-12H,4-5,8-10H2,1H3,(H,19,20,22)/t12-/m1/s1. The van der Waals surface area contributed by atoms with Crippen molar-refractivity contribution in [1.82, 2.24) is 29.6 Å². The zero-order valence-electron chi connectivity index (χ0n) is 15.0. The van der Waals surface area contributed by atoms with Crippen LogP contribution in [0.5, 0.6) is 0 Å². The number of benzene rings is 1. The van der Waals surface area contributed by atoms with Crippen molar-refractivity contribution >= 4 is 28.6 Å². The molecular formula is C18H20N6O2S. The predicted octanol–water partition coefficient (Wildman–Crippen LogP) is 1.85. The SMILES string of the molecule is C[C@@H]1CCCN(C(=O)CSc2nc3ccccc3c(=O)n2-c2ncn[nH]2)C1. The maximum atomic E-state index is 13.0. The van der Waals surface area contributed by atoms with Crippen LogP contribution in [0.3, 0.4) is 0 Å². The maximum Gasteiger partial charge on any atom is 0.269 e. The first kappa shape index (κ1) is 17.7. The number of piperidine rings is 1. The number of aromatic amines is 1. The molecule has 0 saturated carbocycles. The smallest absolute Gasteiger partial charge is 0.269 e. The maximum absolute atomic E-state index is 13.0. The number of nitrogens with one attached hydrogen (secondary N) is 1. The number of thioether (sulfide) groups is 1. The number of nitrogens with zero attached hydrogens (tertiary/aromatic N) is 5. The molecule has 1 N–H and O–H groups in total. The van der Waals surface area contributed by atoms with Crippen molar-refractivity contribution in [1.29, 1.82) is 0 Å². The van der Waals surface area contributed by atoms with Gasteiger partial charge in [0.15, 0.2) is 5.16 Å². The molecule has 1 amide bonds. The first-order valence-electron chi connectivity index (χ1n) is 8.91. The molecule has 1 aliphatic rings. The lowest BCUT2D eigenvalue weighted by Crippen LogP contribution is -2.40. The Hall–Kier alpha value is -2.68. The van der Waals surface area contributed by atoms with Gasteiger partial charge in [0.05, 0.1) is 16.7 Å². The van der Waals surface area contributed by atoms with Crippen molar-refractivity contribution < 1.29 is 4.79 Å². The average Bonchev–Trinajstić information content (AvgIpc) is 3.20. The highest BCUT2D eigenvalue weighted by molar-refractivity contribution is 7.99. The largest absolute Gasteiger partial charge is 0.342 e. The lowest BCUT2D eigenvalue weighted by atomic mass is 10.0. The van der Waals surface area contributed by atoms with Gasteiger partial charge in [-0.3, -0.25) is 9.59 Å². The quantitative estimate of drug-likeness (QED) is 0.545. The first-order chi connectivity index (χ1) is 13.1. The molecule has 0 radical (unpaired) electrons. The van der Waals surface area contributed by atoms with Crippen LogP contribution >= 0.6 is 11.8 Å². The van der Waals surface area contributed by atoms with Crippen molar-refractivity contribution in [3.05, 3.63) is 40.9 Å². The molecule has 2 aromatic heterocycles. The van der Waals surface area contributed by atoms with Gasteiger partial charge in [-0.25, -0.2) is 14.6 Å². The molecule has 1 aromatic carbocycles. The second-order valence-corrected chi connectivity index (χ2v) is 7.68. The van der Waals surface area contributed by atoms with Crippen LogP contribution < -0.4 is 5.56 Å². The minimum atomic E-state index is -0.237. The molecule has 0 aliphatic carbocycles. The van der Waals surface area contributed by atoms with Gasteiger partial charge in [0.1, 0.15) is 6.33 Å². The Bertz CT molecular complexity index is 1020. The van der Waals surface area contributed by atoms with E-state index in [0.29, 0.717) is 27.9 Å². The number of rotatable bonds is 4. The molecule has 1 aliphatic heterocycles. The Kier molecular flexibility index (Phi) is 4.93. The number of hydrogen-bond donors (Lipinski definition) is 1. The summed E-state index contributed by atoms with van der Waals surface area (Å²) in [4.78, 5) is 36.2. The summed E-state index contributed by atoms with van der Waals surface area (Å²) in [6.45, 7) is 3.75. The van der Waals surface area contributed by atoms with Gasteiger partial charge in [0, 0.05) is 13.1 Å². The summed E-state index contributed by atoms with van der Waals surface area (Å²) < 4.78 is 1.38. The van der Waals surface area contributed by atoms with Gasteiger partial charge in [-0.05, 0) is 30.9 Å². The molecule has 8 nitrogen and oxygen atoms in total. The van der Waals surface area contributed by atoms with Gasteiger partial charge in [-0.1, -0.05) is 30.8 Å². The molecule has 1 fully saturated rings. The topological polar surface area (TPSA) is 96.8 Å². The molecule has 3 heterocycles. The molecule has 140 valence electrons. The second-order valence-electron chi connectivity index (χ2n) is 6.74. The van der Waals surface area contributed by atoms with Crippen LogP contribution in [0.2, 0.25) is 0 Å². The monoisotopic (exact) mass is 384 g/mol. The Labute approximate surface area is 160 Å². The van der Waals surface area contributed by atoms with Gasteiger partial charge in [0.2, 0.25) is 11.9 Å². The summed E-state index contributed by atoms with van der Waals surface area (Å²) in [6, 6.07) is 7.15. The summed E-state index contributed by atoms with van der Waals surface area (Å²) in [5, 5.41) is 7.46. The van der Waals surface area contributed by atoms with Crippen molar-refractivity contribution in [2.24, 2.45) is 5.92 Å². The zero-order chi connectivity index (χ0) is 18.8. The lowest BCUT2D eigenvalue weighted by molar-refractivity contribution is -0.130. The van der Waals surface area contributed by atoms with E-state index >= 15 is 0 Å². The van der Waals surface area contributed by atoms with Crippen molar-refractivity contribution in [2.75, 3.05) is 18.8 Å². The average molecular weight is 384 g/mol. The lowest BCUT2D eigenvalue weighted by Gasteiger charge is -2.30. The molecule has 0 unspecified atom stereocenters. The van der Waals surface area contributed by atoms with Crippen LogP contribution in [0.25, 0.3) is 16.9 Å². The van der Waals surface area contributed by atoms with Crippen molar-refractivity contribution in [2.45, 2.75) is 24.9 Å². The van der Waals surface area contributed by atoms with E-state index in [2.05, 4.69) is 27.1 Å². The fourth-order valence-corrected chi connectivity index (χ4v) is 4.23. The van der Waals surface area contributed by atoms with Crippen LogP contribution in [-0.2, 0) is 4.79 Å². The summed E-state index contributed by atoms with van der Waals surface area (Å²) >= 11 is 1.25. The number of carbonyl (C=O) groups is 1. The van der Waals surface area contributed by atoms with E-state index in [1.165, 1.54) is 22.7 Å². The number of carbonyl (C=O) groups excluding carboxylic acids is 1. The number of H-pyrrole nitrogens is 1. The number of amides is 1. The van der Waals surface area contributed by atoms with Gasteiger partial charge in [0.25, 0.3) is 5.56 Å². The third-order valence-corrected chi connectivity index (χ3v) is 5.62. The highest BCUT2D eigenvalue weighted by Gasteiger charge is 2.22. The predicted molar refractivity (Wildman–Crippen MR) is 103 cm³/mol. The summed E-state index contributed by atoms with van der Waals surface area (Å²) in [5.41, 5.74) is 0.360. The van der Waals surface area contributed by atoms with Crippen molar-refractivity contribution in [3.8, 4) is 5.95 Å². The van der Waals surface area contributed by atoms with Gasteiger partial charge in [-0.15, -0.1) is 0 Å². The van der Waals surface area contributed by atoms with E-state index in [-0.39, 0.29) is 17.2 Å². The van der Waals surface area contributed by atoms with Gasteiger partial charge in [-0.2, -0.15) is 10.1 Å². The Morgan fingerprint density at radius 1 is 1.37 bits per heavy atom. The zero-order valence-corrected chi connectivity index (χ0v) is 15.8. The van der Waals surface area contributed by atoms with Crippen LogP contribution in [0.15, 0.2) is 40.5 Å². The van der Waals surface area contributed by atoms with Crippen LogP contribution in [-0.4, -0.2) is 54.4 Å². The molecule has 0 bridgehead atoms. The summed E-state index contributed by atoms with van der Waals surface area (Å²) in [6.07, 6.45) is 3.54. The Morgan fingerprint density at radius 3 is 3.00 bits per heavy atom. The fraction of sp³-hybridized carbons (Fsp3) is 0.389. The molecule has 27 heavy (non-hydrogen) atoms. The number of aromatic nitrogens is 5. The number of likely N-dealkylation sites (tertiary alicyclic amines) is 1. The van der Waals surface area contributed by atoms with E-state index in [4.69, 9.17) is 0 Å². The highest BCUT2D eigenvalue weighted by atomic mass is 32.2. The van der Waals surface area contributed by atoms with E-state index in [1.807, 2.05) is 11.0 Å². The normalized spacial score (nSPS) is 17.4. The van der Waals surface area contributed by atoms with E-state index in [9.17, 15) is 9.59 Å². The van der Waals surface area contributed by atoms with E-state index in [0.717, 1.165) is 25.9 Å². The molecule has 9 heteroatoms. The molecular weight excluding hydrogens is 364 g/mol. The van der Waals surface area contributed by atoms with Crippen LogP contribution in [0, 0.1) is 5.92 Å². The molecule has 3 aromatic rings. The molecule has 1 saturated heterocycles. The minimum absolute atomic E-state index is 0.0677. The second kappa shape index (κ2) is 7.51. The molecule has 4 rings (SSSR count). The highest BCUT2D eigenvalue weighted by Crippen LogP contribution is 2.22. The fourth-order valence-electron chi connectivity index (χ4n) is 3.34. The number of fused-ring (bicyclic) bond motifs is 1. The molecule has 0 spiro atoms. The Balaban J connectivity index is 1.65. The van der Waals surface area contributed by atoms with E-state index in [1.54, 1.807) is 18.2 Å². The number of para-hydroxylation sites is 1. The van der Waals surface area contributed by atoms with Crippen LogP contribution in [0.1, 0.15) is 19.8 Å². The third kappa shape index (κ3) is 3.59. The van der Waals surface area contributed by atoms with Gasteiger partial charge >= 0.3 is 0 Å². The number of hydrogen-bond acceptors (Lipinski definition) is 6. The Morgan fingerprint density at radius 2 is 2.22 bits per heavy atom. The minimum Gasteiger partial charge on any atom is -0.342 e. The van der Waals surface area contributed by atoms with Crippen LogP contribution in [0.4, 0.5) is 0 Å². The summed E-state index contributed by atoms with van der Waals surface area (Å²) in [5.74, 6) is 1.11. The van der Waals surface area contributed by atoms with E-state index < -0.39 is 0 Å². The summed E-state index contributed by atoms with van der Waals surface area (Å²) in [7, 11) is 0. The van der Waals surface area contributed by atoms with Crippen molar-refractivity contribution in [3.63, 3.8) is 0 Å². The molecule has 1 atom stereocenters. The third-order valence-electron chi connectivity index (χ3n) is 4.69. The first-order valence-corrected chi connectivity index (χ1v) is 9.90. The van der Waals surface area contributed by atoms with Gasteiger partial charge < -0.3 is 4.90 Å².